The summed E-state index contributed by atoms with van der Waals surface area (Å²) in [5, 5.41) is 0. The maximum Gasteiger partial charge on any atom is 0.260 e. The summed E-state index contributed by atoms with van der Waals surface area (Å²) in [7, 11) is 0. The van der Waals surface area contributed by atoms with E-state index in [9.17, 15) is 4.79 Å². The highest BCUT2D eigenvalue weighted by atomic mass is 16.5. The molecule has 1 aromatic carbocycles. The van der Waals surface area contributed by atoms with Crippen molar-refractivity contribution in [3.8, 4) is 5.75 Å². The molecule has 2 aliphatic rings. The van der Waals surface area contributed by atoms with Gasteiger partial charge in [0.05, 0.1) is 13.1 Å². The van der Waals surface area contributed by atoms with Gasteiger partial charge in [-0.05, 0) is 50.7 Å². The molecule has 0 aromatic heterocycles. The number of likely N-dealkylation sites (tertiary alicyclic amines) is 1. The number of hydrogen-bond donors (Lipinski definition) is 0. The zero-order valence-corrected chi connectivity index (χ0v) is 15.3. The SMILES string of the molecule is CCOCC[C@H]1CCOC2(C1)CN(C(=O)COc1ccccc1C)C2. The lowest BCUT2D eigenvalue weighted by atomic mass is 9.79. The van der Waals surface area contributed by atoms with Crippen LogP contribution in [0.25, 0.3) is 0 Å². The van der Waals surface area contributed by atoms with Crippen LogP contribution < -0.4 is 4.74 Å². The molecule has 2 saturated heterocycles. The zero-order chi connectivity index (χ0) is 17.7. The molecule has 1 atom stereocenters. The van der Waals surface area contributed by atoms with E-state index in [1.165, 1.54) is 0 Å². The Morgan fingerprint density at radius 3 is 2.92 bits per heavy atom. The molecule has 0 unspecified atom stereocenters. The van der Waals surface area contributed by atoms with Crippen LogP contribution in [0.2, 0.25) is 0 Å². The van der Waals surface area contributed by atoms with Crippen molar-refractivity contribution >= 4 is 5.91 Å². The van der Waals surface area contributed by atoms with E-state index in [0.29, 0.717) is 19.0 Å². The molecule has 0 saturated carbocycles. The van der Waals surface area contributed by atoms with Gasteiger partial charge < -0.3 is 19.1 Å². The van der Waals surface area contributed by atoms with Crippen LogP contribution in [0.4, 0.5) is 0 Å². The Labute approximate surface area is 150 Å². The number of nitrogens with zero attached hydrogens (tertiary/aromatic N) is 1. The molecule has 2 aliphatic heterocycles. The highest BCUT2D eigenvalue weighted by Crippen LogP contribution is 2.38. The smallest absolute Gasteiger partial charge is 0.260 e. The van der Waals surface area contributed by atoms with Crippen molar-refractivity contribution in [1.29, 1.82) is 0 Å². The Balaban J connectivity index is 1.43. The fourth-order valence-electron chi connectivity index (χ4n) is 3.77. The Kier molecular flexibility index (Phi) is 5.97. The second kappa shape index (κ2) is 8.19. The summed E-state index contributed by atoms with van der Waals surface area (Å²) in [5.41, 5.74) is 0.913. The van der Waals surface area contributed by atoms with Crippen LogP contribution in [0.1, 0.15) is 31.7 Å². The summed E-state index contributed by atoms with van der Waals surface area (Å²) in [4.78, 5) is 14.2. The minimum absolute atomic E-state index is 0.0360. The van der Waals surface area contributed by atoms with Crippen molar-refractivity contribution in [2.75, 3.05) is 39.5 Å². The lowest BCUT2D eigenvalue weighted by molar-refractivity contribution is -0.190. The third-order valence-corrected chi connectivity index (χ3v) is 5.23. The molecule has 1 aromatic rings. The van der Waals surface area contributed by atoms with E-state index in [1.54, 1.807) is 0 Å². The minimum Gasteiger partial charge on any atom is -0.484 e. The second-order valence-electron chi connectivity index (χ2n) is 7.18. The number of amides is 1. The van der Waals surface area contributed by atoms with Gasteiger partial charge in [0, 0.05) is 19.8 Å². The molecule has 5 nitrogen and oxygen atoms in total. The van der Waals surface area contributed by atoms with E-state index >= 15 is 0 Å². The van der Waals surface area contributed by atoms with Crippen molar-refractivity contribution in [3.63, 3.8) is 0 Å². The average molecular weight is 347 g/mol. The zero-order valence-electron chi connectivity index (χ0n) is 15.3. The first-order chi connectivity index (χ1) is 12.1. The first-order valence-corrected chi connectivity index (χ1v) is 9.30. The van der Waals surface area contributed by atoms with Gasteiger partial charge in [0.1, 0.15) is 11.4 Å². The number of carbonyl (C=O) groups is 1. The average Bonchev–Trinajstić information content (AvgIpc) is 2.59. The summed E-state index contributed by atoms with van der Waals surface area (Å²) in [5.74, 6) is 1.45. The standard InChI is InChI=1S/C20H29NO4/c1-3-23-10-8-17-9-11-25-20(12-17)14-21(15-20)19(22)13-24-18-7-5-4-6-16(18)2/h4-7,17H,3,8-15H2,1-2H3/t17-/m0/s1. The molecule has 0 radical (unpaired) electrons. The molecule has 138 valence electrons. The first-order valence-electron chi connectivity index (χ1n) is 9.30. The summed E-state index contributed by atoms with van der Waals surface area (Å²) in [6.45, 7) is 7.87. The molecular formula is C20H29NO4. The van der Waals surface area contributed by atoms with Gasteiger partial charge in [-0.1, -0.05) is 18.2 Å². The van der Waals surface area contributed by atoms with Gasteiger partial charge in [-0.2, -0.15) is 0 Å². The quantitative estimate of drug-likeness (QED) is 0.712. The molecule has 2 heterocycles. The van der Waals surface area contributed by atoms with Crippen LogP contribution in [0.3, 0.4) is 0 Å². The molecule has 25 heavy (non-hydrogen) atoms. The first kappa shape index (κ1) is 18.2. The van der Waals surface area contributed by atoms with E-state index in [2.05, 4.69) is 0 Å². The maximum absolute atomic E-state index is 12.4. The van der Waals surface area contributed by atoms with E-state index < -0.39 is 0 Å². The van der Waals surface area contributed by atoms with Crippen molar-refractivity contribution in [1.82, 2.24) is 4.90 Å². The van der Waals surface area contributed by atoms with Crippen LogP contribution in [0.5, 0.6) is 5.75 Å². The molecule has 0 aliphatic carbocycles. The number of para-hydroxylation sites is 1. The normalized spacial score (nSPS) is 21.8. The molecule has 2 fully saturated rings. The number of aryl methyl sites for hydroxylation is 1. The molecule has 1 amide bonds. The van der Waals surface area contributed by atoms with Crippen molar-refractivity contribution in [3.05, 3.63) is 29.8 Å². The molecule has 3 rings (SSSR count). The van der Waals surface area contributed by atoms with Gasteiger partial charge in [-0.25, -0.2) is 0 Å². The molecule has 5 heteroatoms. The van der Waals surface area contributed by atoms with Gasteiger partial charge in [0.2, 0.25) is 0 Å². The topological polar surface area (TPSA) is 48.0 Å². The number of hydrogen-bond acceptors (Lipinski definition) is 4. The number of rotatable bonds is 7. The van der Waals surface area contributed by atoms with E-state index in [1.807, 2.05) is 43.0 Å². The van der Waals surface area contributed by atoms with E-state index in [0.717, 1.165) is 50.4 Å². The largest absolute Gasteiger partial charge is 0.484 e. The highest BCUT2D eigenvalue weighted by molar-refractivity contribution is 5.79. The third-order valence-electron chi connectivity index (χ3n) is 5.23. The summed E-state index contributed by atoms with van der Waals surface area (Å²) in [6.07, 6.45) is 3.21. The van der Waals surface area contributed by atoms with Gasteiger partial charge in [0.25, 0.3) is 5.91 Å². The van der Waals surface area contributed by atoms with Crippen molar-refractivity contribution in [2.24, 2.45) is 5.92 Å². The minimum atomic E-state index is -0.131. The summed E-state index contributed by atoms with van der Waals surface area (Å²) >= 11 is 0. The van der Waals surface area contributed by atoms with Gasteiger partial charge in [-0.15, -0.1) is 0 Å². The van der Waals surface area contributed by atoms with E-state index in [-0.39, 0.29) is 18.1 Å². The van der Waals surface area contributed by atoms with Crippen LogP contribution in [0, 0.1) is 12.8 Å². The Bertz CT molecular complexity index is 583. The van der Waals surface area contributed by atoms with Crippen LogP contribution in [-0.2, 0) is 14.3 Å². The lowest BCUT2D eigenvalue weighted by Crippen LogP contribution is -2.67. The number of carbonyl (C=O) groups excluding carboxylic acids is 1. The van der Waals surface area contributed by atoms with Crippen molar-refractivity contribution in [2.45, 2.75) is 38.7 Å². The lowest BCUT2D eigenvalue weighted by Gasteiger charge is -2.53. The molecule has 0 bridgehead atoms. The Morgan fingerprint density at radius 2 is 2.16 bits per heavy atom. The predicted octanol–water partition coefficient (Wildman–Crippen LogP) is 2.81. The second-order valence-corrected chi connectivity index (χ2v) is 7.18. The highest BCUT2D eigenvalue weighted by Gasteiger charge is 2.49. The van der Waals surface area contributed by atoms with Crippen LogP contribution in [0.15, 0.2) is 24.3 Å². The molecule has 0 N–H and O–H groups in total. The fourth-order valence-corrected chi connectivity index (χ4v) is 3.77. The summed E-state index contributed by atoms with van der Waals surface area (Å²) < 4.78 is 17.2. The Hall–Kier alpha value is -1.59. The fraction of sp³-hybridized carbons (Fsp3) is 0.650. The number of ether oxygens (including phenoxy) is 3. The van der Waals surface area contributed by atoms with Crippen molar-refractivity contribution < 1.29 is 19.0 Å². The van der Waals surface area contributed by atoms with Gasteiger partial charge in [-0.3, -0.25) is 4.79 Å². The number of benzene rings is 1. The Morgan fingerprint density at radius 1 is 1.36 bits per heavy atom. The van der Waals surface area contributed by atoms with Gasteiger partial charge in [0.15, 0.2) is 6.61 Å². The van der Waals surface area contributed by atoms with E-state index in [4.69, 9.17) is 14.2 Å². The molecule has 1 spiro atoms. The maximum atomic E-state index is 12.4. The monoisotopic (exact) mass is 347 g/mol. The summed E-state index contributed by atoms with van der Waals surface area (Å²) in [6, 6.07) is 7.76. The van der Waals surface area contributed by atoms with Crippen LogP contribution >= 0.6 is 0 Å². The molecular weight excluding hydrogens is 318 g/mol. The predicted molar refractivity (Wildman–Crippen MR) is 95.8 cm³/mol. The van der Waals surface area contributed by atoms with Gasteiger partial charge >= 0.3 is 0 Å². The van der Waals surface area contributed by atoms with Crippen LogP contribution in [-0.4, -0.2) is 55.9 Å². The third kappa shape index (κ3) is 4.53.